The van der Waals surface area contributed by atoms with Crippen LogP contribution in [0.2, 0.25) is 0 Å². The van der Waals surface area contributed by atoms with Gasteiger partial charge < -0.3 is 9.84 Å². The number of aromatic carboxylic acids is 1. The zero-order valence-electron chi connectivity index (χ0n) is 10.1. The summed E-state index contributed by atoms with van der Waals surface area (Å²) in [5.74, 6) is 5.40. The number of unbranched alkanes of at least 4 members (excludes halogenated alkanes) is 2. The van der Waals surface area contributed by atoms with Gasteiger partial charge in [0.2, 0.25) is 0 Å². The van der Waals surface area contributed by atoms with Crippen LogP contribution in [0.1, 0.15) is 42.1 Å². The maximum atomic E-state index is 11.1. The standard InChI is InChI=1S/C14H16O3/c1-3-4-5-6-8-11-12(14(15)16)9-7-10-13(11)17-2/h7,9-10H,3-5H2,1-2H3,(H,15,16). The van der Waals surface area contributed by atoms with E-state index in [2.05, 4.69) is 18.8 Å². The van der Waals surface area contributed by atoms with Gasteiger partial charge in [-0.05, 0) is 18.6 Å². The summed E-state index contributed by atoms with van der Waals surface area (Å²) in [5.41, 5.74) is 0.645. The molecule has 3 heteroatoms. The molecule has 0 fully saturated rings. The predicted octanol–water partition coefficient (Wildman–Crippen LogP) is 2.94. The largest absolute Gasteiger partial charge is 0.495 e. The number of carboxylic acid groups (broad SMARTS) is 1. The normalized spacial score (nSPS) is 9.29. The number of carbonyl (C=O) groups is 1. The van der Waals surface area contributed by atoms with Gasteiger partial charge in [-0.1, -0.05) is 31.3 Å². The highest BCUT2D eigenvalue weighted by molar-refractivity contribution is 5.91. The van der Waals surface area contributed by atoms with Crippen molar-refractivity contribution >= 4 is 5.97 Å². The van der Waals surface area contributed by atoms with E-state index in [0.29, 0.717) is 11.3 Å². The quantitative estimate of drug-likeness (QED) is 0.641. The second-order valence-corrected chi connectivity index (χ2v) is 3.59. The smallest absolute Gasteiger partial charge is 0.337 e. The lowest BCUT2D eigenvalue weighted by atomic mass is 10.1. The van der Waals surface area contributed by atoms with Crippen LogP contribution in [0, 0.1) is 11.8 Å². The molecule has 0 aliphatic rings. The minimum Gasteiger partial charge on any atom is -0.495 e. The molecular formula is C14H16O3. The van der Waals surface area contributed by atoms with Gasteiger partial charge in [-0.2, -0.15) is 0 Å². The Morgan fingerprint density at radius 2 is 2.24 bits per heavy atom. The lowest BCUT2D eigenvalue weighted by Crippen LogP contribution is -2.01. The Kier molecular flexibility index (Phi) is 5.09. The van der Waals surface area contributed by atoms with Gasteiger partial charge in [-0.25, -0.2) is 4.79 Å². The highest BCUT2D eigenvalue weighted by atomic mass is 16.5. The first-order chi connectivity index (χ1) is 8.20. The zero-order chi connectivity index (χ0) is 12.7. The van der Waals surface area contributed by atoms with Crippen LogP contribution >= 0.6 is 0 Å². The molecule has 0 radical (unpaired) electrons. The molecular weight excluding hydrogens is 216 g/mol. The van der Waals surface area contributed by atoms with E-state index in [4.69, 9.17) is 9.84 Å². The summed E-state index contributed by atoms with van der Waals surface area (Å²) in [5, 5.41) is 9.06. The monoisotopic (exact) mass is 232 g/mol. The van der Waals surface area contributed by atoms with E-state index in [0.717, 1.165) is 19.3 Å². The van der Waals surface area contributed by atoms with E-state index < -0.39 is 5.97 Å². The number of benzene rings is 1. The molecule has 0 saturated heterocycles. The van der Waals surface area contributed by atoms with Crippen LogP contribution in [0.3, 0.4) is 0 Å². The predicted molar refractivity (Wildman–Crippen MR) is 66.4 cm³/mol. The first-order valence-corrected chi connectivity index (χ1v) is 5.59. The van der Waals surface area contributed by atoms with Crippen LogP contribution in [-0.4, -0.2) is 18.2 Å². The zero-order valence-corrected chi connectivity index (χ0v) is 10.1. The lowest BCUT2D eigenvalue weighted by molar-refractivity contribution is 0.0696. The van der Waals surface area contributed by atoms with Crippen molar-refractivity contribution in [2.75, 3.05) is 7.11 Å². The highest BCUT2D eigenvalue weighted by Gasteiger charge is 2.12. The Balaban J connectivity index is 3.07. The van der Waals surface area contributed by atoms with E-state index in [9.17, 15) is 4.79 Å². The number of hydrogen-bond acceptors (Lipinski definition) is 2. The van der Waals surface area contributed by atoms with Gasteiger partial charge in [0, 0.05) is 6.42 Å². The lowest BCUT2D eigenvalue weighted by Gasteiger charge is -2.05. The summed E-state index contributed by atoms with van der Waals surface area (Å²) >= 11 is 0. The topological polar surface area (TPSA) is 46.5 Å². The number of ether oxygens (including phenoxy) is 1. The van der Waals surface area contributed by atoms with Crippen molar-refractivity contribution in [3.8, 4) is 17.6 Å². The van der Waals surface area contributed by atoms with Gasteiger partial charge in [-0.15, -0.1) is 0 Å². The fraction of sp³-hybridized carbons (Fsp3) is 0.357. The van der Waals surface area contributed by atoms with Gasteiger partial charge in [-0.3, -0.25) is 0 Å². The summed E-state index contributed by atoms with van der Waals surface area (Å²) in [7, 11) is 1.51. The van der Waals surface area contributed by atoms with Crippen molar-refractivity contribution in [2.45, 2.75) is 26.2 Å². The molecule has 0 bridgehead atoms. The number of carboxylic acids is 1. The maximum Gasteiger partial charge on any atom is 0.337 e. The van der Waals surface area contributed by atoms with Crippen molar-refractivity contribution in [1.82, 2.24) is 0 Å². The molecule has 0 heterocycles. The van der Waals surface area contributed by atoms with Crippen LogP contribution in [0.4, 0.5) is 0 Å². The van der Waals surface area contributed by atoms with Crippen molar-refractivity contribution in [2.24, 2.45) is 0 Å². The Morgan fingerprint density at radius 3 is 2.82 bits per heavy atom. The van der Waals surface area contributed by atoms with Crippen molar-refractivity contribution in [1.29, 1.82) is 0 Å². The van der Waals surface area contributed by atoms with E-state index in [1.165, 1.54) is 13.2 Å². The van der Waals surface area contributed by atoms with Crippen LogP contribution < -0.4 is 4.74 Å². The van der Waals surface area contributed by atoms with Gasteiger partial charge in [0.1, 0.15) is 5.75 Å². The first-order valence-electron chi connectivity index (χ1n) is 5.59. The summed E-state index contributed by atoms with van der Waals surface area (Å²) < 4.78 is 5.13. The number of rotatable bonds is 4. The van der Waals surface area contributed by atoms with E-state index in [1.807, 2.05) is 0 Å². The van der Waals surface area contributed by atoms with Gasteiger partial charge in [0.15, 0.2) is 0 Å². The Labute approximate surface area is 101 Å². The SMILES string of the molecule is CCCCC#Cc1c(OC)cccc1C(=O)O. The van der Waals surface area contributed by atoms with Crippen LogP contribution in [-0.2, 0) is 0 Å². The first kappa shape index (κ1) is 13.1. The number of methoxy groups -OCH3 is 1. The third-order valence-electron chi connectivity index (χ3n) is 2.35. The van der Waals surface area contributed by atoms with E-state index >= 15 is 0 Å². The highest BCUT2D eigenvalue weighted by Crippen LogP contribution is 2.21. The molecule has 0 aliphatic carbocycles. The van der Waals surface area contributed by atoms with Crippen molar-refractivity contribution < 1.29 is 14.6 Å². The molecule has 1 N–H and O–H groups in total. The molecule has 0 aromatic heterocycles. The molecule has 0 aliphatic heterocycles. The molecule has 1 aromatic rings. The minimum absolute atomic E-state index is 0.188. The molecule has 90 valence electrons. The summed E-state index contributed by atoms with van der Waals surface area (Å²) in [6.45, 7) is 2.09. The fourth-order valence-electron chi connectivity index (χ4n) is 1.42. The third kappa shape index (κ3) is 3.53. The van der Waals surface area contributed by atoms with E-state index in [-0.39, 0.29) is 5.56 Å². The maximum absolute atomic E-state index is 11.1. The molecule has 0 atom stereocenters. The second-order valence-electron chi connectivity index (χ2n) is 3.59. The van der Waals surface area contributed by atoms with Crippen molar-refractivity contribution in [3.63, 3.8) is 0 Å². The van der Waals surface area contributed by atoms with Crippen LogP contribution in [0.15, 0.2) is 18.2 Å². The second kappa shape index (κ2) is 6.59. The van der Waals surface area contributed by atoms with Crippen molar-refractivity contribution in [3.05, 3.63) is 29.3 Å². The average molecular weight is 232 g/mol. The molecule has 0 unspecified atom stereocenters. The molecule has 1 aromatic carbocycles. The minimum atomic E-state index is -0.983. The molecule has 1 rings (SSSR count). The Hall–Kier alpha value is -1.95. The van der Waals surface area contributed by atoms with E-state index in [1.54, 1.807) is 12.1 Å². The third-order valence-corrected chi connectivity index (χ3v) is 2.35. The summed E-state index contributed by atoms with van der Waals surface area (Å²) in [4.78, 5) is 11.1. The van der Waals surface area contributed by atoms with Crippen LogP contribution in [0.25, 0.3) is 0 Å². The molecule has 0 spiro atoms. The Bertz CT molecular complexity index is 452. The molecule has 17 heavy (non-hydrogen) atoms. The van der Waals surface area contributed by atoms with Crippen LogP contribution in [0.5, 0.6) is 5.75 Å². The number of hydrogen-bond donors (Lipinski definition) is 1. The molecule has 0 amide bonds. The summed E-state index contributed by atoms with van der Waals surface area (Å²) in [6.07, 6.45) is 2.87. The molecule has 3 nitrogen and oxygen atoms in total. The van der Waals surface area contributed by atoms with Gasteiger partial charge in [0.05, 0.1) is 18.2 Å². The molecule has 0 saturated carbocycles. The van der Waals surface area contributed by atoms with Gasteiger partial charge in [0.25, 0.3) is 0 Å². The summed E-state index contributed by atoms with van der Waals surface area (Å²) in [6, 6.07) is 4.91. The fourth-order valence-corrected chi connectivity index (χ4v) is 1.42. The Morgan fingerprint density at radius 1 is 1.47 bits per heavy atom. The van der Waals surface area contributed by atoms with Gasteiger partial charge >= 0.3 is 5.97 Å². The average Bonchev–Trinajstić information content (AvgIpc) is 2.34.